The van der Waals surface area contributed by atoms with Gasteiger partial charge in [0.05, 0.1) is 0 Å². The Morgan fingerprint density at radius 2 is 1.74 bits per heavy atom. The van der Waals surface area contributed by atoms with Crippen molar-refractivity contribution >= 4 is 45.6 Å². The van der Waals surface area contributed by atoms with Crippen LogP contribution in [0.1, 0.15) is 31.9 Å². The minimum atomic E-state index is -0.650. The first-order valence-corrected chi connectivity index (χ1v) is 10.5. The molecule has 31 heavy (non-hydrogen) atoms. The molecule has 0 atom stereocenters. The smallest absolute Gasteiger partial charge is 0.408 e. The van der Waals surface area contributed by atoms with Gasteiger partial charge in [0.25, 0.3) is 0 Å². The van der Waals surface area contributed by atoms with E-state index in [0.717, 1.165) is 15.6 Å². The quantitative estimate of drug-likeness (QED) is 0.508. The van der Waals surface area contributed by atoms with Gasteiger partial charge in [0, 0.05) is 22.8 Å². The van der Waals surface area contributed by atoms with Crippen molar-refractivity contribution in [2.45, 2.75) is 32.9 Å². The minimum absolute atomic E-state index is 0.197. The fourth-order valence-corrected chi connectivity index (χ4v) is 2.82. The molecule has 0 aromatic heterocycles. The number of hydrogen-bond acceptors (Lipinski definition) is 4. The molecular weight excluding hydrogens is 462 g/mol. The third kappa shape index (κ3) is 9.95. The third-order valence-corrected chi connectivity index (χ3v) is 4.27. The Morgan fingerprint density at radius 3 is 2.39 bits per heavy atom. The van der Waals surface area contributed by atoms with E-state index in [9.17, 15) is 14.4 Å². The van der Waals surface area contributed by atoms with Crippen LogP contribution in [0.4, 0.5) is 10.5 Å². The highest BCUT2D eigenvalue weighted by Gasteiger charge is 2.16. The van der Waals surface area contributed by atoms with Gasteiger partial charge in [-0.1, -0.05) is 40.2 Å². The monoisotopic (exact) mass is 487 g/mol. The molecule has 7 nitrogen and oxygen atoms in total. The number of alkyl carbamates (subject to hydrolysis) is 1. The molecule has 3 N–H and O–H groups in total. The number of carbonyl (C=O) groups is 3. The van der Waals surface area contributed by atoms with E-state index in [2.05, 4.69) is 31.9 Å². The number of halogens is 1. The molecule has 2 aromatic carbocycles. The van der Waals surface area contributed by atoms with E-state index in [4.69, 9.17) is 4.74 Å². The average molecular weight is 488 g/mol. The molecule has 2 rings (SSSR count). The number of carbonyl (C=O) groups excluding carboxylic acids is 3. The highest BCUT2D eigenvalue weighted by Crippen LogP contribution is 2.13. The number of nitrogens with one attached hydrogen (secondary N) is 3. The summed E-state index contributed by atoms with van der Waals surface area (Å²) in [5, 5.41) is 7.89. The normalized spacial score (nSPS) is 11.1. The van der Waals surface area contributed by atoms with Gasteiger partial charge >= 0.3 is 6.09 Å². The average Bonchev–Trinajstić information content (AvgIpc) is 2.69. The predicted molar refractivity (Wildman–Crippen MR) is 124 cm³/mol. The van der Waals surface area contributed by atoms with E-state index in [-0.39, 0.29) is 18.4 Å². The lowest BCUT2D eigenvalue weighted by molar-refractivity contribution is -0.117. The Morgan fingerprint density at radius 1 is 1.03 bits per heavy atom. The van der Waals surface area contributed by atoms with E-state index in [1.54, 1.807) is 51.1 Å². The SMILES string of the molecule is CC(C)(C)OC(=O)NCC(=O)Nc1ccc(CNC(=O)/C=C/c2cccc(Br)c2)cc1. The molecular formula is C23H26BrN3O4. The summed E-state index contributed by atoms with van der Waals surface area (Å²) >= 11 is 3.39. The molecule has 0 aliphatic rings. The molecule has 0 spiro atoms. The molecule has 0 aliphatic carbocycles. The van der Waals surface area contributed by atoms with Gasteiger partial charge in [-0.05, 0) is 62.2 Å². The highest BCUT2D eigenvalue weighted by molar-refractivity contribution is 9.10. The topological polar surface area (TPSA) is 96.5 Å². The second kappa shape index (κ2) is 11.3. The molecule has 0 saturated carbocycles. The van der Waals surface area contributed by atoms with Gasteiger partial charge in [0.1, 0.15) is 12.1 Å². The molecule has 0 unspecified atom stereocenters. The molecule has 0 bridgehead atoms. The van der Waals surface area contributed by atoms with Crippen LogP contribution in [0.5, 0.6) is 0 Å². The fraction of sp³-hybridized carbons (Fsp3) is 0.261. The number of hydrogen-bond donors (Lipinski definition) is 3. The fourth-order valence-electron chi connectivity index (χ4n) is 2.41. The number of rotatable bonds is 7. The Kier molecular flexibility index (Phi) is 8.81. The van der Waals surface area contributed by atoms with Crippen molar-refractivity contribution in [3.63, 3.8) is 0 Å². The summed E-state index contributed by atoms with van der Waals surface area (Å²) in [4.78, 5) is 35.5. The molecule has 8 heteroatoms. The van der Waals surface area contributed by atoms with Crippen LogP contribution in [-0.4, -0.2) is 30.1 Å². The zero-order valence-electron chi connectivity index (χ0n) is 17.7. The number of ether oxygens (including phenoxy) is 1. The van der Waals surface area contributed by atoms with Crippen molar-refractivity contribution in [3.8, 4) is 0 Å². The van der Waals surface area contributed by atoms with Gasteiger partial charge in [-0.3, -0.25) is 9.59 Å². The van der Waals surface area contributed by atoms with Crippen LogP contribution >= 0.6 is 15.9 Å². The molecule has 0 radical (unpaired) electrons. The molecule has 164 valence electrons. The van der Waals surface area contributed by atoms with Gasteiger partial charge in [0.15, 0.2) is 0 Å². The maximum Gasteiger partial charge on any atom is 0.408 e. The first-order valence-electron chi connectivity index (χ1n) is 9.68. The van der Waals surface area contributed by atoms with Crippen LogP contribution in [0.3, 0.4) is 0 Å². The van der Waals surface area contributed by atoms with Gasteiger partial charge in [0.2, 0.25) is 11.8 Å². The van der Waals surface area contributed by atoms with Gasteiger partial charge in [-0.2, -0.15) is 0 Å². The maximum absolute atomic E-state index is 12.0. The van der Waals surface area contributed by atoms with E-state index >= 15 is 0 Å². The van der Waals surface area contributed by atoms with Crippen molar-refractivity contribution in [1.29, 1.82) is 0 Å². The summed E-state index contributed by atoms with van der Waals surface area (Å²) in [5.41, 5.74) is 1.76. The van der Waals surface area contributed by atoms with Gasteiger partial charge in [-0.25, -0.2) is 4.79 Å². The Bertz CT molecular complexity index is 950. The van der Waals surface area contributed by atoms with E-state index in [0.29, 0.717) is 12.2 Å². The zero-order valence-corrected chi connectivity index (χ0v) is 19.3. The predicted octanol–water partition coefficient (Wildman–Crippen LogP) is 4.24. The zero-order chi connectivity index (χ0) is 22.9. The van der Waals surface area contributed by atoms with E-state index in [1.807, 2.05) is 24.3 Å². The Hall–Kier alpha value is -3.13. The summed E-state index contributed by atoms with van der Waals surface area (Å²) in [7, 11) is 0. The van der Waals surface area contributed by atoms with Crippen LogP contribution in [0.15, 0.2) is 59.1 Å². The lowest BCUT2D eigenvalue weighted by Gasteiger charge is -2.19. The molecule has 0 fully saturated rings. The van der Waals surface area contributed by atoms with Crippen LogP contribution in [0, 0.1) is 0 Å². The van der Waals surface area contributed by atoms with Crippen LogP contribution in [0.25, 0.3) is 6.08 Å². The summed E-state index contributed by atoms with van der Waals surface area (Å²) in [5.74, 6) is -0.574. The highest BCUT2D eigenvalue weighted by atomic mass is 79.9. The van der Waals surface area contributed by atoms with Crippen molar-refractivity contribution in [3.05, 3.63) is 70.2 Å². The molecule has 0 saturated heterocycles. The van der Waals surface area contributed by atoms with Gasteiger partial charge in [-0.15, -0.1) is 0 Å². The number of benzene rings is 2. The van der Waals surface area contributed by atoms with Crippen LogP contribution in [0.2, 0.25) is 0 Å². The lowest BCUT2D eigenvalue weighted by Crippen LogP contribution is -2.37. The summed E-state index contributed by atoms with van der Waals surface area (Å²) in [6, 6.07) is 14.7. The van der Waals surface area contributed by atoms with Crippen molar-refractivity contribution in [2.75, 3.05) is 11.9 Å². The summed E-state index contributed by atoms with van der Waals surface area (Å²) < 4.78 is 6.02. The van der Waals surface area contributed by atoms with E-state index in [1.165, 1.54) is 6.08 Å². The molecule has 0 aliphatic heterocycles. The van der Waals surface area contributed by atoms with Crippen molar-refractivity contribution < 1.29 is 19.1 Å². The van der Waals surface area contributed by atoms with Crippen LogP contribution in [-0.2, 0) is 20.9 Å². The van der Waals surface area contributed by atoms with E-state index < -0.39 is 11.7 Å². The second-order valence-electron chi connectivity index (χ2n) is 7.71. The number of amides is 3. The summed E-state index contributed by atoms with van der Waals surface area (Å²) in [6.45, 7) is 5.40. The molecule has 3 amide bonds. The van der Waals surface area contributed by atoms with Crippen molar-refractivity contribution in [1.82, 2.24) is 10.6 Å². The molecule has 2 aromatic rings. The standard InChI is InChI=1S/C23H26BrN3O4/c1-23(2,3)31-22(30)26-15-21(29)27-19-10-7-17(8-11-19)14-25-20(28)12-9-16-5-4-6-18(24)13-16/h4-13H,14-15H2,1-3H3,(H,25,28)(H,26,30)(H,27,29)/b12-9+. The first kappa shape index (κ1) is 24.1. The first-order chi connectivity index (χ1) is 14.6. The minimum Gasteiger partial charge on any atom is -0.444 e. The molecule has 0 heterocycles. The Balaban J connectivity index is 1.75. The second-order valence-corrected chi connectivity index (χ2v) is 8.62. The lowest BCUT2D eigenvalue weighted by atomic mass is 10.2. The maximum atomic E-state index is 12.0. The number of anilines is 1. The third-order valence-electron chi connectivity index (χ3n) is 3.77. The summed E-state index contributed by atoms with van der Waals surface area (Å²) in [6.07, 6.45) is 2.57. The Labute approximate surface area is 190 Å². The van der Waals surface area contributed by atoms with Gasteiger partial charge < -0.3 is 20.7 Å². The van der Waals surface area contributed by atoms with Crippen molar-refractivity contribution in [2.24, 2.45) is 0 Å². The van der Waals surface area contributed by atoms with Crippen LogP contribution < -0.4 is 16.0 Å². The largest absolute Gasteiger partial charge is 0.444 e.